The second-order valence-corrected chi connectivity index (χ2v) is 8.09. The Labute approximate surface area is 160 Å². The maximum absolute atomic E-state index is 12.8. The zero-order valence-electron chi connectivity index (χ0n) is 16.0. The number of para-hydroxylation sites is 2. The van der Waals surface area contributed by atoms with Crippen LogP contribution in [0.25, 0.3) is 0 Å². The van der Waals surface area contributed by atoms with Gasteiger partial charge in [-0.1, -0.05) is 32.4 Å². The number of anilines is 2. The normalized spacial score (nSPS) is 15.3. The first-order valence-corrected chi connectivity index (χ1v) is 10.4. The van der Waals surface area contributed by atoms with Crippen molar-refractivity contribution in [3.63, 3.8) is 0 Å². The van der Waals surface area contributed by atoms with Crippen molar-refractivity contribution in [2.45, 2.75) is 33.6 Å². The number of nitrogens with zero attached hydrogens (tertiary/aromatic N) is 2. The van der Waals surface area contributed by atoms with Crippen molar-refractivity contribution in [3.8, 4) is 0 Å². The van der Waals surface area contributed by atoms with Crippen molar-refractivity contribution in [3.05, 3.63) is 45.6 Å². The molecule has 0 unspecified atom stereocenters. The molecule has 4 nitrogen and oxygen atoms in total. The molecule has 0 saturated carbocycles. The van der Waals surface area contributed by atoms with Gasteiger partial charge in [-0.05, 0) is 43.7 Å². The number of hydrogen-bond donors (Lipinski definition) is 1. The van der Waals surface area contributed by atoms with Gasteiger partial charge in [-0.2, -0.15) is 0 Å². The predicted octanol–water partition coefficient (Wildman–Crippen LogP) is 4.40. The number of hydrogen-bond acceptors (Lipinski definition) is 4. The second-order valence-electron chi connectivity index (χ2n) is 6.83. The lowest BCUT2D eigenvalue weighted by Crippen LogP contribution is -2.46. The molecule has 1 aromatic carbocycles. The lowest BCUT2D eigenvalue weighted by Gasteiger charge is -2.36. The first-order chi connectivity index (χ1) is 12.6. The molecule has 2 heterocycles. The maximum Gasteiger partial charge on any atom is 0.265 e. The van der Waals surface area contributed by atoms with E-state index in [1.54, 1.807) is 11.3 Å². The molecule has 5 heteroatoms. The molecule has 3 rings (SSSR count). The van der Waals surface area contributed by atoms with Gasteiger partial charge < -0.3 is 15.1 Å². The molecule has 0 atom stereocenters. The smallest absolute Gasteiger partial charge is 0.265 e. The number of likely N-dealkylation sites (N-methyl/N-ethyl adjacent to an activating group) is 1. The molecule has 1 N–H and O–H groups in total. The predicted molar refractivity (Wildman–Crippen MR) is 112 cm³/mol. The fraction of sp³-hybridized carbons (Fsp3) is 0.476. The Morgan fingerprint density at radius 1 is 1.15 bits per heavy atom. The third-order valence-corrected chi connectivity index (χ3v) is 6.17. The Balaban J connectivity index is 1.74. The van der Waals surface area contributed by atoms with E-state index in [-0.39, 0.29) is 5.91 Å². The van der Waals surface area contributed by atoms with Crippen LogP contribution in [0.5, 0.6) is 0 Å². The van der Waals surface area contributed by atoms with Gasteiger partial charge in [0.15, 0.2) is 0 Å². The molecule has 0 bridgehead atoms. The van der Waals surface area contributed by atoms with Crippen LogP contribution >= 0.6 is 11.3 Å². The van der Waals surface area contributed by atoms with E-state index in [4.69, 9.17) is 0 Å². The summed E-state index contributed by atoms with van der Waals surface area (Å²) in [5, 5.41) is 3.15. The summed E-state index contributed by atoms with van der Waals surface area (Å²) in [5.74, 6) is 0.0000900. The van der Waals surface area contributed by atoms with Crippen LogP contribution in [0.4, 0.5) is 11.4 Å². The average Bonchev–Trinajstić information content (AvgIpc) is 3.03. The second kappa shape index (κ2) is 8.69. The number of amides is 1. The topological polar surface area (TPSA) is 35.6 Å². The third-order valence-electron chi connectivity index (χ3n) is 5.08. The zero-order chi connectivity index (χ0) is 18.5. The van der Waals surface area contributed by atoms with Crippen molar-refractivity contribution >= 4 is 28.6 Å². The number of carbonyl (C=O) groups is 1. The van der Waals surface area contributed by atoms with Gasteiger partial charge in [-0.25, -0.2) is 0 Å². The van der Waals surface area contributed by atoms with Crippen LogP contribution in [0.15, 0.2) is 30.3 Å². The van der Waals surface area contributed by atoms with Crippen LogP contribution in [0, 0.1) is 6.92 Å². The Kier molecular flexibility index (Phi) is 6.33. The van der Waals surface area contributed by atoms with Crippen molar-refractivity contribution in [1.29, 1.82) is 0 Å². The Hall–Kier alpha value is -1.85. The Bertz CT molecular complexity index is 747. The van der Waals surface area contributed by atoms with E-state index in [9.17, 15) is 4.79 Å². The highest BCUT2D eigenvalue weighted by Gasteiger charge is 2.20. The van der Waals surface area contributed by atoms with E-state index < -0.39 is 0 Å². The molecule has 140 valence electrons. The summed E-state index contributed by atoms with van der Waals surface area (Å²) in [6.07, 6.45) is 2.14. The summed E-state index contributed by atoms with van der Waals surface area (Å²) in [7, 11) is 0. The van der Waals surface area contributed by atoms with Crippen LogP contribution in [-0.2, 0) is 6.42 Å². The van der Waals surface area contributed by atoms with Gasteiger partial charge in [0.05, 0.1) is 16.3 Å². The van der Waals surface area contributed by atoms with E-state index in [1.807, 2.05) is 18.2 Å². The quantitative estimate of drug-likeness (QED) is 0.817. The fourth-order valence-corrected chi connectivity index (χ4v) is 4.46. The van der Waals surface area contributed by atoms with Crippen LogP contribution in [0.3, 0.4) is 0 Å². The number of benzene rings is 1. The molecule has 0 spiro atoms. The van der Waals surface area contributed by atoms with Crippen LogP contribution in [-0.4, -0.2) is 43.5 Å². The number of carbonyl (C=O) groups excluding carboxylic acids is 1. The molecule has 26 heavy (non-hydrogen) atoms. The molecule has 2 aromatic rings. The van der Waals surface area contributed by atoms with Crippen molar-refractivity contribution in [2.75, 3.05) is 42.9 Å². The molecular formula is C21H29N3OS. The minimum atomic E-state index is 0.0000900. The first kappa shape index (κ1) is 18.9. The van der Waals surface area contributed by atoms with Gasteiger partial charge in [0.25, 0.3) is 5.91 Å². The number of aryl methyl sites for hydroxylation is 2. The summed E-state index contributed by atoms with van der Waals surface area (Å²) in [6.45, 7) is 11.7. The monoisotopic (exact) mass is 371 g/mol. The minimum absolute atomic E-state index is 0.0000900. The number of thiophene rings is 1. The highest BCUT2D eigenvalue weighted by atomic mass is 32.1. The van der Waals surface area contributed by atoms with Gasteiger partial charge in [-0.3, -0.25) is 4.79 Å². The molecule has 1 saturated heterocycles. The van der Waals surface area contributed by atoms with E-state index >= 15 is 0 Å². The van der Waals surface area contributed by atoms with E-state index in [1.165, 1.54) is 10.4 Å². The number of rotatable bonds is 6. The molecular weight excluding hydrogens is 342 g/mol. The number of piperazine rings is 1. The summed E-state index contributed by atoms with van der Waals surface area (Å²) in [6, 6.07) is 10.2. The molecule has 1 aromatic heterocycles. The Morgan fingerprint density at radius 3 is 2.58 bits per heavy atom. The lowest BCUT2D eigenvalue weighted by molar-refractivity contribution is 0.103. The van der Waals surface area contributed by atoms with Gasteiger partial charge in [-0.15, -0.1) is 11.3 Å². The molecule has 1 aliphatic heterocycles. The summed E-state index contributed by atoms with van der Waals surface area (Å²) in [5.41, 5.74) is 3.33. The molecule has 1 fully saturated rings. The fourth-order valence-electron chi connectivity index (χ4n) is 3.49. The maximum atomic E-state index is 12.8. The van der Waals surface area contributed by atoms with Crippen molar-refractivity contribution in [1.82, 2.24) is 4.90 Å². The molecule has 1 aliphatic rings. The largest absolute Gasteiger partial charge is 0.367 e. The van der Waals surface area contributed by atoms with Crippen LogP contribution in [0.2, 0.25) is 0 Å². The molecule has 0 aliphatic carbocycles. The van der Waals surface area contributed by atoms with Gasteiger partial charge >= 0.3 is 0 Å². The highest BCUT2D eigenvalue weighted by Crippen LogP contribution is 2.29. The highest BCUT2D eigenvalue weighted by molar-refractivity contribution is 7.14. The van der Waals surface area contributed by atoms with Crippen molar-refractivity contribution in [2.24, 2.45) is 0 Å². The zero-order valence-corrected chi connectivity index (χ0v) is 16.9. The van der Waals surface area contributed by atoms with E-state index in [0.29, 0.717) is 0 Å². The van der Waals surface area contributed by atoms with Crippen molar-refractivity contribution < 1.29 is 4.79 Å². The lowest BCUT2D eigenvalue weighted by atomic mass is 10.1. The SMILES string of the molecule is CCCc1cc(C(=O)Nc2ccccc2N2CCN(CC)CC2)sc1C. The summed E-state index contributed by atoms with van der Waals surface area (Å²) in [4.78, 5) is 19.7. The minimum Gasteiger partial charge on any atom is -0.367 e. The summed E-state index contributed by atoms with van der Waals surface area (Å²) >= 11 is 1.59. The molecule has 1 amide bonds. The van der Waals surface area contributed by atoms with Gasteiger partial charge in [0.2, 0.25) is 0 Å². The molecule has 0 radical (unpaired) electrons. The van der Waals surface area contributed by atoms with Crippen LogP contribution < -0.4 is 10.2 Å². The number of nitrogens with one attached hydrogen (secondary N) is 1. The average molecular weight is 372 g/mol. The van der Waals surface area contributed by atoms with Gasteiger partial charge in [0.1, 0.15) is 0 Å². The summed E-state index contributed by atoms with van der Waals surface area (Å²) < 4.78 is 0. The third kappa shape index (κ3) is 4.27. The van der Waals surface area contributed by atoms with Crippen LogP contribution in [0.1, 0.15) is 40.4 Å². The van der Waals surface area contributed by atoms with E-state index in [2.05, 4.69) is 48.0 Å². The van der Waals surface area contributed by atoms with E-state index in [0.717, 1.165) is 61.8 Å². The standard InChI is InChI=1S/C21H29N3OS/c1-4-8-17-15-20(26-16(17)3)21(25)22-18-9-6-7-10-19(18)24-13-11-23(5-2)12-14-24/h6-7,9-10,15H,4-5,8,11-14H2,1-3H3,(H,22,25). The first-order valence-electron chi connectivity index (χ1n) is 9.59. The van der Waals surface area contributed by atoms with Gasteiger partial charge in [0, 0.05) is 31.1 Å². The Morgan fingerprint density at radius 2 is 1.88 bits per heavy atom.